The molecule has 5 heteroatoms. The van der Waals surface area contributed by atoms with Crippen LogP contribution in [-0.4, -0.2) is 42.0 Å². The third kappa shape index (κ3) is 5.48. The number of likely N-dealkylation sites (tertiary alicyclic amines) is 1. The molecule has 26 heavy (non-hydrogen) atoms. The smallest absolute Gasteiger partial charge is 0.315 e. The minimum atomic E-state index is -0.132. The first-order valence-electron chi connectivity index (χ1n) is 10.1. The Balaban J connectivity index is 1.38. The SMILES string of the molecule is O=C(NCCC(=O)N1CCCC1Cc1ccccc1)NC1CCCCC1. The van der Waals surface area contributed by atoms with Crippen LogP contribution in [0.2, 0.25) is 0 Å². The summed E-state index contributed by atoms with van der Waals surface area (Å²) in [5.74, 6) is 0.154. The third-order valence-electron chi connectivity index (χ3n) is 5.58. The highest BCUT2D eigenvalue weighted by molar-refractivity contribution is 5.79. The maximum atomic E-state index is 12.6. The van der Waals surface area contributed by atoms with Gasteiger partial charge in [-0.2, -0.15) is 0 Å². The molecule has 0 radical (unpaired) electrons. The molecule has 1 aliphatic heterocycles. The number of hydrogen-bond donors (Lipinski definition) is 2. The molecule has 5 nitrogen and oxygen atoms in total. The average molecular weight is 357 g/mol. The van der Waals surface area contributed by atoms with Gasteiger partial charge in [0.15, 0.2) is 0 Å². The van der Waals surface area contributed by atoms with Gasteiger partial charge < -0.3 is 15.5 Å². The first kappa shape index (κ1) is 18.7. The van der Waals surface area contributed by atoms with Crippen molar-refractivity contribution >= 4 is 11.9 Å². The van der Waals surface area contributed by atoms with Crippen LogP contribution in [0.1, 0.15) is 56.9 Å². The Bertz CT molecular complexity index is 584. The number of amides is 3. The van der Waals surface area contributed by atoms with E-state index in [9.17, 15) is 9.59 Å². The molecular formula is C21H31N3O2. The molecule has 0 aromatic heterocycles. The Kier molecular flexibility index (Phi) is 6.92. The normalized spacial score (nSPS) is 20.8. The van der Waals surface area contributed by atoms with Gasteiger partial charge in [0.1, 0.15) is 0 Å². The van der Waals surface area contributed by atoms with E-state index in [1.807, 2.05) is 23.1 Å². The van der Waals surface area contributed by atoms with E-state index in [4.69, 9.17) is 0 Å². The van der Waals surface area contributed by atoms with Gasteiger partial charge in [0, 0.05) is 31.6 Å². The standard InChI is InChI=1S/C21H31N3O2/c25-20(13-14-22-21(26)23-18-10-5-2-6-11-18)24-15-7-12-19(24)16-17-8-3-1-4-9-17/h1,3-4,8-9,18-19H,2,5-7,10-16H2,(H2,22,23,26). The predicted octanol–water partition coefficient (Wildman–Crippen LogP) is 3.24. The monoisotopic (exact) mass is 357 g/mol. The molecule has 0 spiro atoms. The van der Waals surface area contributed by atoms with Gasteiger partial charge >= 0.3 is 6.03 Å². The zero-order valence-electron chi connectivity index (χ0n) is 15.6. The van der Waals surface area contributed by atoms with Crippen molar-refractivity contribution in [1.29, 1.82) is 0 Å². The fourth-order valence-electron chi connectivity index (χ4n) is 4.17. The van der Waals surface area contributed by atoms with Crippen molar-refractivity contribution in [1.82, 2.24) is 15.5 Å². The van der Waals surface area contributed by atoms with Gasteiger partial charge in [-0.05, 0) is 37.7 Å². The van der Waals surface area contributed by atoms with E-state index in [0.29, 0.717) is 25.0 Å². The van der Waals surface area contributed by atoms with Gasteiger partial charge in [-0.1, -0.05) is 49.6 Å². The van der Waals surface area contributed by atoms with Gasteiger partial charge in [-0.15, -0.1) is 0 Å². The fraction of sp³-hybridized carbons (Fsp3) is 0.619. The molecule has 0 bridgehead atoms. The van der Waals surface area contributed by atoms with Crippen molar-refractivity contribution in [2.45, 2.75) is 69.9 Å². The van der Waals surface area contributed by atoms with E-state index in [1.165, 1.54) is 24.8 Å². The second kappa shape index (κ2) is 9.60. The largest absolute Gasteiger partial charge is 0.339 e. The van der Waals surface area contributed by atoms with Crippen molar-refractivity contribution in [2.24, 2.45) is 0 Å². The van der Waals surface area contributed by atoms with E-state index in [-0.39, 0.29) is 11.9 Å². The lowest BCUT2D eigenvalue weighted by Crippen LogP contribution is -2.44. The Labute approximate surface area is 156 Å². The summed E-state index contributed by atoms with van der Waals surface area (Å²) in [6, 6.07) is 10.8. The van der Waals surface area contributed by atoms with Crippen molar-refractivity contribution in [2.75, 3.05) is 13.1 Å². The van der Waals surface area contributed by atoms with Gasteiger partial charge in [0.05, 0.1) is 0 Å². The second-order valence-electron chi connectivity index (χ2n) is 7.56. The molecule has 1 saturated carbocycles. The van der Waals surface area contributed by atoms with Crippen molar-refractivity contribution in [3.63, 3.8) is 0 Å². The van der Waals surface area contributed by atoms with Crippen molar-refractivity contribution in [3.8, 4) is 0 Å². The second-order valence-corrected chi connectivity index (χ2v) is 7.56. The molecule has 3 rings (SSSR count). The summed E-state index contributed by atoms with van der Waals surface area (Å²) in [4.78, 5) is 26.6. The molecular weight excluding hydrogens is 326 g/mol. The molecule has 2 N–H and O–H groups in total. The molecule has 1 atom stereocenters. The van der Waals surface area contributed by atoms with Crippen LogP contribution in [0.4, 0.5) is 4.79 Å². The first-order valence-corrected chi connectivity index (χ1v) is 10.1. The minimum Gasteiger partial charge on any atom is -0.339 e. The molecule has 142 valence electrons. The number of nitrogens with zero attached hydrogens (tertiary/aromatic N) is 1. The number of carbonyl (C=O) groups is 2. The summed E-state index contributed by atoms with van der Waals surface area (Å²) in [6.07, 6.45) is 9.24. The van der Waals surface area contributed by atoms with Gasteiger partial charge in [0.2, 0.25) is 5.91 Å². The highest BCUT2D eigenvalue weighted by atomic mass is 16.2. The van der Waals surface area contributed by atoms with Crippen LogP contribution < -0.4 is 10.6 Å². The van der Waals surface area contributed by atoms with E-state index < -0.39 is 0 Å². The zero-order valence-corrected chi connectivity index (χ0v) is 15.6. The predicted molar refractivity (Wildman–Crippen MR) is 103 cm³/mol. The minimum absolute atomic E-state index is 0.132. The summed E-state index contributed by atoms with van der Waals surface area (Å²) in [7, 11) is 0. The number of urea groups is 1. The molecule has 2 fully saturated rings. The maximum absolute atomic E-state index is 12.6. The van der Waals surface area contributed by atoms with Gasteiger partial charge in [-0.3, -0.25) is 4.79 Å². The van der Waals surface area contributed by atoms with Crippen LogP contribution in [0.15, 0.2) is 30.3 Å². The number of rotatable bonds is 6. The van der Waals surface area contributed by atoms with E-state index >= 15 is 0 Å². The quantitative estimate of drug-likeness (QED) is 0.821. The first-order chi connectivity index (χ1) is 12.7. The molecule has 2 aliphatic rings. The van der Waals surface area contributed by atoms with Crippen LogP contribution in [0.3, 0.4) is 0 Å². The van der Waals surface area contributed by atoms with Crippen LogP contribution in [-0.2, 0) is 11.2 Å². The zero-order chi connectivity index (χ0) is 18.2. The lowest BCUT2D eigenvalue weighted by Gasteiger charge is -2.25. The summed E-state index contributed by atoms with van der Waals surface area (Å²) >= 11 is 0. The summed E-state index contributed by atoms with van der Waals surface area (Å²) < 4.78 is 0. The van der Waals surface area contributed by atoms with Gasteiger partial charge in [0.25, 0.3) is 0 Å². The molecule has 1 aliphatic carbocycles. The van der Waals surface area contributed by atoms with E-state index in [0.717, 1.165) is 38.6 Å². The number of carbonyl (C=O) groups excluding carboxylic acids is 2. The summed E-state index contributed by atoms with van der Waals surface area (Å²) in [6.45, 7) is 1.25. The van der Waals surface area contributed by atoms with E-state index in [1.54, 1.807) is 0 Å². The molecule has 1 aromatic carbocycles. The average Bonchev–Trinajstić information content (AvgIpc) is 3.11. The summed E-state index contributed by atoms with van der Waals surface area (Å²) in [5.41, 5.74) is 1.28. The molecule has 1 saturated heterocycles. The van der Waals surface area contributed by atoms with E-state index in [2.05, 4.69) is 22.8 Å². The van der Waals surface area contributed by atoms with Gasteiger partial charge in [-0.25, -0.2) is 4.79 Å². The number of nitrogens with one attached hydrogen (secondary N) is 2. The van der Waals surface area contributed by atoms with Crippen molar-refractivity contribution in [3.05, 3.63) is 35.9 Å². The Morgan fingerprint density at radius 3 is 2.54 bits per heavy atom. The Morgan fingerprint density at radius 2 is 1.77 bits per heavy atom. The number of benzene rings is 1. The van der Waals surface area contributed by atoms with Crippen LogP contribution in [0.25, 0.3) is 0 Å². The fourth-order valence-corrected chi connectivity index (χ4v) is 4.17. The molecule has 1 aromatic rings. The molecule has 3 amide bonds. The van der Waals surface area contributed by atoms with Crippen LogP contribution >= 0.6 is 0 Å². The highest BCUT2D eigenvalue weighted by Gasteiger charge is 2.28. The van der Waals surface area contributed by atoms with Crippen LogP contribution in [0.5, 0.6) is 0 Å². The lowest BCUT2D eigenvalue weighted by molar-refractivity contribution is -0.131. The lowest BCUT2D eigenvalue weighted by atomic mass is 9.96. The molecule has 1 unspecified atom stereocenters. The Hall–Kier alpha value is -2.04. The number of hydrogen-bond acceptors (Lipinski definition) is 2. The molecule has 1 heterocycles. The highest BCUT2D eigenvalue weighted by Crippen LogP contribution is 2.22. The van der Waals surface area contributed by atoms with Crippen LogP contribution in [0, 0.1) is 0 Å². The Morgan fingerprint density at radius 1 is 1.00 bits per heavy atom. The summed E-state index contributed by atoms with van der Waals surface area (Å²) in [5, 5.41) is 5.88. The van der Waals surface area contributed by atoms with Crippen molar-refractivity contribution < 1.29 is 9.59 Å². The maximum Gasteiger partial charge on any atom is 0.315 e. The topological polar surface area (TPSA) is 61.4 Å². The third-order valence-corrected chi connectivity index (χ3v) is 5.58.